The molecule has 0 aliphatic carbocycles. The van der Waals surface area contributed by atoms with Crippen LogP contribution >= 0.6 is 11.3 Å². The summed E-state index contributed by atoms with van der Waals surface area (Å²) in [6.07, 6.45) is 0.801. The summed E-state index contributed by atoms with van der Waals surface area (Å²) in [5.74, 6) is -1.21. The van der Waals surface area contributed by atoms with Crippen LogP contribution in [0.1, 0.15) is 48.0 Å². The van der Waals surface area contributed by atoms with E-state index in [1.54, 1.807) is 6.92 Å². The van der Waals surface area contributed by atoms with Crippen LogP contribution in [0.25, 0.3) is 0 Å². The summed E-state index contributed by atoms with van der Waals surface area (Å²) in [6, 6.07) is 0.0336. The first kappa shape index (κ1) is 18.2. The Labute approximate surface area is 134 Å². The molecule has 1 heterocycles. The van der Waals surface area contributed by atoms with Crippen LogP contribution in [0, 0.1) is 13.8 Å². The first-order chi connectivity index (χ1) is 10.3. The smallest absolute Gasteiger partial charge is 0.341 e. The van der Waals surface area contributed by atoms with E-state index < -0.39 is 5.97 Å². The molecule has 0 aromatic carbocycles. The molecule has 2 amide bonds. The lowest BCUT2D eigenvalue weighted by atomic mass is 10.1. The Balaban J connectivity index is 2.77. The van der Waals surface area contributed by atoms with Gasteiger partial charge in [0.2, 0.25) is 5.91 Å². The molecule has 7 heteroatoms. The molecule has 2 N–H and O–H groups in total. The van der Waals surface area contributed by atoms with E-state index in [2.05, 4.69) is 10.6 Å². The molecule has 0 aliphatic rings. The Bertz CT molecular complexity index is 580. The fraction of sp³-hybridized carbons (Fsp3) is 0.533. The van der Waals surface area contributed by atoms with Crippen LogP contribution < -0.4 is 10.6 Å². The van der Waals surface area contributed by atoms with Crippen molar-refractivity contribution in [3.63, 3.8) is 0 Å². The molecule has 0 aliphatic heterocycles. The van der Waals surface area contributed by atoms with Gasteiger partial charge >= 0.3 is 5.97 Å². The molecule has 0 fully saturated rings. The maximum Gasteiger partial charge on any atom is 0.341 e. The van der Waals surface area contributed by atoms with Crippen LogP contribution in [-0.2, 0) is 14.3 Å². The molecule has 0 bridgehead atoms. The number of amides is 2. The summed E-state index contributed by atoms with van der Waals surface area (Å²) >= 11 is 1.31. The minimum Gasteiger partial charge on any atom is -0.452 e. The van der Waals surface area contributed by atoms with Gasteiger partial charge in [0, 0.05) is 17.8 Å². The molecule has 122 valence electrons. The second kappa shape index (κ2) is 7.93. The first-order valence-electron chi connectivity index (χ1n) is 7.10. The largest absolute Gasteiger partial charge is 0.452 e. The van der Waals surface area contributed by atoms with E-state index in [-0.39, 0.29) is 24.5 Å². The number of carbonyl (C=O) groups excluding carboxylic acids is 3. The van der Waals surface area contributed by atoms with Crippen LogP contribution in [0.15, 0.2) is 0 Å². The molecular weight excluding hydrogens is 304 g/mol. The second-order valence-electron chi connectivity index (χ2n) is 5.12. The van der Waals surface area contributed by atoms with Gasteiger partial charge in [-0.25, -0.2) is 4.79 Å². The molecule has 1 rings (SSSR count). The lowest BCUT2D eigenvalue weighted by Gasteiger charge is -2.12. The minimum absolute atomic E-state index is 0.0336. The summed E-state index contributed by atoms with van der Waals surface area (Å²) in [6.45, 7) is 8.51. The Morgan fingerprint density at radius 1 is 1.27 bits per heavy atom. The molecule has 0 spiro atoms. The molecule has 0 radical (unpaired) electrons. The third kappa shape index (κ3) is 4.84. The van der Waals surface area contributed by atoms with Gasteiger partial charge in [-0.3, -0.25) is 9.59 Å². The van der Waals surface area contributed by atoms with E-state index in [0.29, 0.717) is 10.6 Å². The number of hydrogen-bond donors (Lipinski definition) is 2. The van der Waals surface area contributed by atoms with Crippen LogP contribution in [0.3, 0.4) is 0 Å². The number of esters is 1. The quantitative estimate of drug-likeness (QED) is 0.786. The summed E-state index contributed by atoms with van der Waals surface area (Å²) in [7, 11) is 0. The predicted molar refractivity (Wildman–Crippen MR) is 86.3 cm³/mol. The second-order valence-corrected chi connectivity index (χ2v) is 6.35. The summed E-state index contributed by atoms with van der Waals surface area (Å²) in [5, 5.41) is 5.80. The van der Waals surface area contributed by atoms with Gasteiger partial charge in [0.15, 0.2) is 6.61 Å². The third-order valence-electron chi connectivity index (χ3n) is 3.23. The molecule has 1 aromatic rings. The number of aryl methyl sites for hydroxylation is 1. The maximum atomic E-state index is 12.2. The van der Waals surface area contributed by atoms with Crippen molar-refractivity contribution in [2.24, 2.45) is 0 Å². The van der Waals surface area contributed by atoms with Gasteiger partial charge in [-0.1, -0.05) is 6.92 Å². The van der Waals surface area contributed by atoms with E-state index in [4.69, 9.17) is 4.74 Å². The SMILES string of the molecule is CCC(C)NC(=O)COC(=O)c1c(NC(C)=O)sc(C)c1C. The van der Waals surface area contributed by atoms with Crippen molar-refractivity contribution in [1.82, 2.24) is 5.32 Å². The molecule has 0 saturated carbocycles. The number of ether oxygens (including phenoxy) is 1. The first-order valence-corrected chi connectivity index (χ1v) is 7.91. The van der Waals surface area contributed by atoms with Crippen LogP contribution in [0.5, 0.6) is 0 Å². The Hall–Kier alpha value is -1.89. The van der Waals surface area contributed by atoms with E-state index in [9.17, 15) is 14.4 Å². The number of hydrogen-bond acceptors (Lipinski definition) is 5. The minimum atomic E-state index is -0.607. The van der Waals surface area contributed by atoms with Crippen molar-refractivity contribution < 1.29 is 19.1 Å². The number of anilines is 1. The topological polar surface area (TPSA) is 84.5 Å². The number of nitrogens with one attached hydrogen (secondary N) is 2. The van der Waals surface area contributed by atoms with Crippen molar-refractivity contribution >= 4 is 34.1 Å². The third-order valence-corrected chi connectivity index (χ3v) is 4.36. The van der Waals surface area contributed by atoms with Crippen molar-refractivity contribution in [3.8, 4) is 0 Å². The molecule has 22 heavy (non-hydrogen) atoms. The van der Waals surface area contributed by atoms with E-state index in [1.165, 1.54) is 18.3 Å². The van der Waals surface area contributed by atoms with Gasteiger partial charge in [0.25, 0.3) is 5.91 Å². The zero-order valence-electron chi connectivity index (χ0n) is 13.5. The van der Waals surface area contributed by atoms with E-state index >= 15 is 0 Å². The Kier molecular flexibility index (Phi) is 6.55. The average Bonchev–Trinajstić information content (AvgIpc) is 2.70. The molecule has 1 unspecified atom stereocenters. The molecule has 1 atom stereocenters. The maximum absolute atomic E-state index is 12.2. The number of thiophene rings is 1. The molecule has 6 nitrogen and oxygen atoms in total. The van der Waals surface area contributed by atoms with Gasteiger partial charge in [0.1, 0.15) is 5.00 Å². The molecule has 0 saturated heterocycles. The normalized spacial score (nSPS) is 11.7. The van der Waals surface area contributed by atoms with Crippen LogP contribution in [0.2, 0.25) is 0 Å². The highest BCUT2D eigenvalue weighted by Gasteiger charge is 2.22. The van der Waals surface area contributed by atoms with Crippen LogP contribution in [0.4, 0.5) is 5.00 Å². The average molecular weight is 326 g/mol. The lowest BCUT2D eigenvalue weighted by molar-refractivity contribution is -0.124. The van der Waals surface area contributed by atoms with Crippen molar-refractivity contribution in [1.29, 1.82) is 0 Å². The van der Waals surface area contributed by atoms with Gasteiger partial charge < -0.3 is 15.4 Å². The van der Waals surface area contributed by atoms with Gasteiger partial charge in [-0.15, -0.1) is 11.3 Å². The molecule has 1 aromatic heterocycles. The highest BCUT2D eigenvalue weighted by atomic mass is 32.1. The fourth-order valence-electron chi connectivity index (χ4n) is 1.74. The zero-order valence-corrected chi connectivity index (χ0v) is 14.3. The standard InChI is InChI=1S/C15H22N2O4S/c1-6-8(2)16-12(19)7-21-15(20)13-9(3)10(4)22-14(13)17-11(5)18/h8H,6-7H2,1-5H3,(H,16,19)(H,17,18). The Morgan fingerprint density at radius 3 is 2.45 bits per heavy atom. The highest BCUT2D eigenvalue weighted by molar-refractivity contribution is 7.16. The van der Waals surface area contributed by atoms with Gasteiger partial charge in [-0.2, -0.15) is 0 Å². The predicted octanol–water partition coefficient (Wildman–Crippen LogP) is 2.39. The zero-order chi connectivity index (χ0) is 16.9. The lowest BCUT2D eigenvalue weighted by Crippen LogP contribution is -2.35. The molecular formula is C15H22N2O4S. The monoisotopic (exact) mass is 326 g/mol. The summed E-state index contributed by atoms with van der Waals surface area (Å²) in [5.41, 5.74) is 1.06. The summed E-state index contributed by atoms with van der Waals surface area (Å²) < 4.78 is 5.06. The fourth-order valence-corrected chi connectivity index (χ4v) is 2.84. The number of carbonyl (C=O) groups is 3. The van der Waals surface area contributed by atoms with Crippen molar-refractivity contribution in [3.05, 3.63) is 16.0 Å². The highest BCUT2D eigenvalue weighted by Crippen LogP contribution is 2.32. The van der Waals surface area contributed by atoms with Gasteiger partial charge in [-0.05, 0) is 32.8 Å². The Morgan fingerprint density at radius 2 is 1.91 bits per heavy atom. The number of rotatable bonds is 6. The van der Waals surface area contributed by atoms with Crippen molar-refractivity contribution in [2.45, 2.75) is 47.1 Å². The van der Waals surface area contributed by atoms with Crippen molar-refractivity contribution in [2.75, 3.05) is 11.9 Å². The van der Waals surface area contributed by atoms with Gasteiger partial charge in [0.05, 0.1) is 5.56 Å². The van der Waals surface area contributed by atoms with E-state index in [0.717, 1.165) is 16.9 Å². The summed E-state index contributed by atoms with van der Waals surface area (Å²) in [4.78, 5) is 36.0. The van der Waals surface area contributed by atoms with Crippen LogP contribution in [-0.4, -0.2) is 30.4 Å². The van der Waals surface area contributed by atoms with E-state index in [1.807, 2.05) is 20.8 Å².